The maximum atomic E-state index is 14.1. The predicted molar refractivity (Wildman–Crippen MR) is 114 cm³/mol. The summed E-state index contributed by atoms with van der Waals surface area (Å²) in [6.07, 6.45) is -5.87. The lowest BCUT2D eigenvalue weighted by Gasteiger charge is -2.26. The van der Waals surface area contributed by atoms with E-state index >= 15 is 0 Å². The Kier molecular flexibility index (Phi) is 6.73. The van der Waals surface area contributed by atoms with Crippen molar-refractivity contribution in [3.8, 4) is 16.9 Å². The Labute approximate surface area is 191 Å². The molecule has 0 saturated carbocycles. The summed E-state index contributed by atoms with van der Waals surface area (Å²) in [5.74, 6) is -4.85. The van der Waals surface area contributed by atoms with Crippen molar-refractivity contribution in [3.63, 3.8) is 0 Å². The van der Waals surface area contributed by atoms with Gasteiger partial charge in [-0.15, -0.1) is 0 Å². The molecule has 3 rings (SSSR count). The number of ether oxygens (including phenoxy) is 2. The van der Waals surface area contributed by atoms with E-state index in [4.69, 9.17) is 13.9 Å². The molecular weight excluding hydrogens is 463 g/mol. The molecule has 2 aromatic carbocycles. The molecule has 0 bridgehead atoms. The lowest BCUT2D eigenvalue weighted by molar-refractivity contribution is -0.289. The number of halogens is 5. The van der Waals surface area contributed by atoms with Crippen LogP contribution in [0.1, 0.15) is 32.8 Å². The first-order chi connectivity index (χ1) is 15.7. The molecule has 1 heterocycles. The molecule has 0 radical (unpaired) electrons. The van der Waals surface area contributed by atoms with Gasteiger partial charge in [-0.2, -0.15) is 22.0 Å². The van der Waals surface area contributed by atoms with Crippen LogP contribution in [0, 0.1) is 0 Å². The second kappa shape index (κ2) is 9.08. The van der Waals surface area contributed by atoms with Crippen LogP contribution in [0.3, 0.4) is 0 Å². The number of rotatable bonds is 8. The van der Waals surface area contributed by atoms with Gasteiger partial charge in [0.1, 0.15) is 16.9 Å². The van der Waals surface area contributed by atoms with E-state index in [-0.39, 0.29) is 5.58 Å². The Morgan fingerprint density at radius 3 is 2.32 bits per heavy atom. The molecular formula is C24H21F5O5. The highest BCUT2D eigenvalue weighted by molar-refractivity contribution is 5.83. The molecule has 182 valence electrons. The van der Waals surface area contributed by atoms with E-state index in [1.165, 1.54) is 30.3 Å². The third-order valence-electron chi connectivity index (χ3n) is 5.10. The SMILES string of the molecule is CC(CC(C)(C)OC=O)Oc1ccc2cc(-c3ccccc3C(F)(F)C(F)(F)F)c(=O)oc2c1. The maximum absolute atomic E-state index is 14.1. The first kappa shape index (κ1) is 25.2. The Morgan fingerprint density at radius 2 is 1.68 bits per heavy atom. The van der Waals surface area contributed by atoms with E-state index < -0.39 is 46.1 Å². The normalized spacial score (nSPS) is 13.5. The summed E-state index contributed by atoms with van der Waals surface area (Å²) in [5, 5.41) is 0.296. The Morgan fingerprint density at radius 1 is 1.00 bits per heavy atom. The van der Waals surface area contributed by atoms with Gasteiger partial charge < -0.3 is 13.9 Å². The van der Waals surface area contributed by atoms with Gasteiger partial charge in [-0.1, -0.05) is 24.3 Å². The van der Waals surface area contributed by atoms with Gasteiger partial charge >= 0.3 is 17.7 Å². The molecule has 0 aliphatic rings. The van der Waals surface area contributed by atoms with Crippen LogP contribution < -0.4 is 10.4 Å². The Bertz CT molecular complexity index is 1250. The van der Waals surface area contributed by atoms with Crippen molar-refractivity contribution in [1.82, 2.24) is 0 Å². The largest absolute Gasteiger partial charge is 0.490 e. The molecule has 0 fully saturated rings. The monoisotopic (exact) mass is 484 g/mol. The van der Waals surface area contributed by atoms with Crippen molar-refractivity contribution in [2.75, 3.05) is 0 Å². The highest BCUT2D eigenvalue weighted by Gasteiger charge is 2.59. The molecule has 10 heteroatoms. The minimum atomic E-state index is -5.84. The van der Waals surface area contributed by atoms with Gasteiger partial charge in [0.2, 0.25) is 0 Å². The van der Waals surface area contributed by atoms with Crippen molar-refractivity contribution in [1.29, 1.82) is 0 Å². The Hall–Kier alpha value is -3.43. The fraction of sp³-hybridized carbons (Fsp3) is 0.333. The van der Waals surface area contributed by atoms with Crippen LogP contribution in [0.5, 0.6) is 5.75 Å². The highest BCUT2D eigenvalue weighted by Crippen LogP contribution is 2.46. The van der Waals surface area contributed by atoms with E-state index in [2.05, 4.69) is 0 Å². The van der Waals surface area contributed by atoms with Gasteiger partial charge in [-0.25, -0.2) is 4.79 Å². The molecule has 1 atom stereocenters. The van der Waals surface area contributed by atoms with E-state index in [9.17, 15) is 31.5 Å². The number of carbonyl (C=O) groups excluding carboxylic acids is 1. The minimum absolute atomic E-state index is 0.0573. The molecule has 5 nitrogen and oxygen atoms in total. The van der Waals surface area contributed by atoms with Crippen molar-refractivity contribution in [2.24, 2.45) is 0 Å². The summed E-state index contributed by atoms with van der Waals surface area (Å²) in [6, 6.07) is 9.54. The maximum Gasteiger partial charge on any atom is 0.458 e. The molecule has 1 unspecified atom stereocenters. The summed E-state index contributed by atoms with van der Waals surface area (Å²) in [7, 11) is 0. The second-order valence-corrected chi connectivity index (χ2v) is 8.37. The Balaban J connectivity index is 1.97. The van der Waals surface area contributed by atoms with Crippen LogP contribution in [0.2, 0.25) is 0 Å². The zero-order chi connectivity index (χ0) is 25.3. The molecule has 3 aromatic rings. The van der Waals surface area contributed by atoms with Crippen molar-refractivity contribution < 1.29 is 40.6 Å². The van der Waals surface area contributed by atoms with Crippen LogP contribution in [0.25, 0.3) is 22.1 Å². The number of alkyl halides is 5. The number of benzene rings is 2. The predicted octanol–water partition coefficient (Wildman–Crippen LogP) is 6.22. The molecule has 0 aliphatic heterocycles. The molecule has 0 aliphatic carbocycles. The average molecular weight is 484 g/mol. The zero-order valence-corrected chi connectivity index (χ0v) is 18.4. The third kappa shape index (κ3) is 5.21. The van der Waals surface area contributed by atoms with Crippen molar-refractivity contribution in [2.45, 2.75) is 51.0 Å². The summed E-state index contributed by atoms with van der Waals surface area (Å²) < 4.78 is 83.1. The topological polar surface area (TPSA) is 65.7 Å². The fourth-order valence-electron chi connectivity index (χ4n) is 3.64. The standard InChI is InChI=1S/C24H21F5O5/c1-14(12-22(2,3)32-13-30)33-16-9-8-15-10-18(21(31)34-20(15)11-16)17-6-4-5-7-19(17)23(25,26)24(27,28)29/h4-11,13-14H,12H2,1-3H3. The lowest BCUT2D eigenvalue weighted by atomic mass is 9.95. The minimum Gasteiger partial charge on any atom is -0.490 e. The van der Waals surface area contributed by atoms with Gasteiger partial charge in [0.15, 0.2) is 0 Å². The second-order valence-electron chi connectivity index (χ2n) is 8.37. The van der Waals surface area contributed by atoms with Crippen LogP contribution in [0.15, 0.2) is 57.7 Å². The smallest absolute Gasteiger partial charge is 0.458 e. The van der Waals surface area contributed by atoms with Crippen LogP contribution in [0.4, 0.5) is 22.0 Å². The van der Waals surface area contributed by atoms with Gasteiger partial charge in [-0.05, 0) is 44.5 Å². The first-order valence-electron chi connectivity index (χ1n) is 10.2. The van der Waals surface area contributed by atoms with E-state index in [1.807, 2.05) is 0 Å². The number of hydrogen-bond acceptors (Lipinski definition) is 5. The molecule has 34 heavy (non-hydrogen) atoms. The first-order valence-corrected chi connectivity index (χ1v) is 10.2. The highest BCUT2D eigenvalue weighted by atomic mass is 19.4. The van der Waals surface area contributed by atoms with Crippen LogP contribution in [-0.4, -0.2) is 24.4 Å². The van der Waals surface area contributed by atoms with Gasteiger partial charge in [0.05, 0.1) is 11.7 Å². The summed E-state index contributed by atoms with van der Waals surface area (Å²) in [4.78, 5) is 23.2. The van der Waals surface area contributed by atoms with Gasteiger partial charge in [0.25, 0.3) is 6.47 Å². The molecule has 1 aromatic heterocycles. The molecule has 0 spiro atoms. The van der Waals surface area contributed by atoms with Crippen LogP contribution >= 0.6 is 0 Å². The summed E-state index contributed by atoms with van der Waals surface area (Å²) in [5.41, 5.74) is -4.15. The molecule has 0 amide bonds. The van der Waals surface area contributed by atoms with Crippen molar-refractivity contribution >= 4 is 17.4 Å². The van der Waals surface area contributed by atoms with Crippen LogP contribution in [-0.2, 0) is 15.5 Å². The van der Waals surface area contributed by atoms with E-state index in [1.54, 1.807) is 20.8 Å². The lowest BCUT2D eigenvalue weighted by Crippen LogP contribution is -2.34. The molecule has 0 saturated heterocycles. The number of carbonyl (C=O) groups is 1. The summed E-state index contributed by atoms with van der Waals surface area (Å²) >= 11 is 0. The fourth-order valence-corrected chi connectivity index (χ4v) is 3.64. The zero-order valence-electron chi connectivity index (χ0n) is 18.4. The summed E-state index contributed by atoms with van der Waals surface area (Å²) in [6.45, 7) is 5.51. The third-order valence-corrected chi connectivity index (χ3v) is 5.10. The van der Waals surface area contributed by atoms with E-state index in [0.29, 0.717) is 30.1 Å². The van der Waals surface area contributed by atoms with Crippen molar-refractivity contribution in [3.05, 3.63) is 64.5 Å². The number of fused-ring (bicyclic) bond motifs is 1. The number of hydrogen-bond donors (Lipinski definition) is 0. The van der Waals surface area contributed by atoms with Gasteiger partial charge in [0, 0.05) is 23.4 Å². The van der Waals surface area contributed by atoms with Gasteiger partial charge in [-0.3, -0.25) is 4.79 Å². The average Bonchev–Trinajstić information content (AvgIpc) is 2.71. The quantitative estimate of drug-likeness (QED) is 0.216. The van der Waals surface area contributed by atoms with E-state index in [0.717, 1.165) is 12.1 Å². The molecule has 0 N–H and O–H groups in total.